The molecule has 1 aromatic carbocycles. The van der Waals surface area contributed by atoms with Crippen LogP contribution in [0.1, 0.15) is 6.42 Å². The van der Waals surface area contributed by atoms with E-state index in [-0.39, 0.29) is 12.1 Å². The van der Waals surface area contributed by atoms with Gasteiger partial charge in [0.05, 0.1) is 16.7 Å². The molecule has 8 heteroatoms. The molecule has 2 unspecified atom stereocenters. The molecule has 132 valence electrons. The van der Waals surface area contributed by atoms with Gasteiger partial charge in [-0.05, 0) is 40.0 Å². The predicted octanol–water partition coefficient (Wildman–Crippen LogP) is 3.10. The van der Waals surface area contributed by atoms with Crippen molar-refractivity contribution in [2.75, 3.05) is 18.0 Å². The Balaban J connectivity index is 1.38. The molecule has 26 heavy (non-hydrogen) atoms. The van der Waals surface area contributed by atoms with Crippen LogP contribution in [0.25, 0.3) is 16.8 Å². The van der Waals surface area contributed by atoms with E-state index >= 15 is 0 Å². The van der Waals surface area contributed by atoms with Crippen molar-refractivity contribution in [3.63, 3.8) is 0 Å². The standard InChI is InChI=1S/C18H16BrN5O2/c19-16-7-21-24-8-12(6-20-17(16)24)11-1-3-13(4-2-11)22-9-15-5-14(22)10-23(15)18(25)26/h1-4,6-8,14-15H,5,9-10H2,(H,25,26). The molecule has 2 aliphatic rings. The number of rotatable bonds is 2. The number of amides is 1. The third kappa shape index (κ3) is 2.36. The van der Waals surface area contributed by atoms with E-state index in [1.54, 1.807) is 15.6 Å². The van der Waals surface area contributed by atoms with Crippen LogP contribution in [0.5, 0.6) is 0 Å². The molecule has 1 N–H and O–H groups in total. The van der Waals surface area contributed by atoms with E-state index < -0.39 is 6.09 Å². The summed E-state index contributed by atoms with van der Waals surface area (Å²) in [5.41, 5.74) is 4.01. The van der Waals surface area contributed by atoms with E-state index in [1.807, 2.05) is 12.4 Å². The Kier molecular flexibility index (Phi) is 3.43. The number of hydrogen-bond donors (Lipinski definition) is 1. The highest BCUT2D eigenvalue weighted by Crippen LogP contribution is 2.35. The van der Waals surface area contributed by atoms with Gasteiger partial charge in [0.1, 0.15) is 0 Å². The first-order valence-corrected chi connectivity index (χ1v) is 9.25. The number of piperazine rings is 1. The third-order valence-electron chi connectivity index (χ3n) is 5.33. The molecule has 2 saturated heterocycles. The monoisotopic (exact) mass is 413 g/mol. The van der Waals surface area contributed by atoms with Gasteiger partial charge in [0.15, 0.2) is 5.65 Å². The van der Waals surface area contributed by atoms with Gasteiger partial charge < -0.3 is 14.9 Å². The van der Waals surface area contributed by atoms with Gasteiger partial charge in [-0.1, -0.05) is 12.1 Å². The van der Waals surface area contributed by atoms with Crippen molar-refractivity contribution in [2.45, 2.75) is 18.5 Å². The number of carbonyl (C=O) groups is 1. The van der Waals surface area contributed by atoms with Crippen molar-refractivity contribution in [1.82, 2.24) is 19.5 Å². The van der Waals surface area contributed by atoms with Crippen LogP contribution < -0.4 is 4.90 Å². The summed E-state index contributed by atoms with van der Waals surface area (Å²) in [4.78, 5) is 19.6. The zero-order valence-electron chi connectivity index (χ0n) is 13.8. The number of likely N-dealkylation sites (tertiary alicyclic amines) is 1. The van der Waals surface area contributed by atoms with E-state index in [0.29, 0.717) is 6.54 Å². The first-order chi connectivity index (χ1) is 12.6. The van der Waals surface area contributed by atoms with Gasteiger partial charge in [0.2, 0.25) is 0 Å². The molecule has 5 rings (SSSR count). The van der Waals surface area contributed by atoms with Crippen LogP contribution in [0, 0.1) is 0 Å². The Bertz CT molecular complexity index is 1000. The average molecular weight is 414 g/mol. The average Bonchev–Trinajstić information content (AvgIpc) is 3.36. The number of benzene rings is 1. The fourth-order valence-corrected chi connectivity index (χ4v) is 4.43. The molecule has 2 atom stereocenters. The molecule has 7 nitrogen and oxygen atoms in total. The molecule has 2 aliphatic heterocycles. The lowest BCUT2D eigenvalue weighted by Gasteiger charge is -2.34. The lowest BCUT2D eigenvalue weighted by molar-refractivity contribution is 0.137. The zero-order chi connectivity index (χ0) is 17.8. The topological polar surface area (TPSA) is 74.0 Å². The third-order valence-corrected chi connectivity index (χ3v) is 5.89. The number of fused-ring (bicyclic) bond motifs is 3. The van der Waals surface area contributed by atoms with Gasteiger partial charge in [-0.2, -0.15) is 5.10 Å². The number of anilines is 1. The Labute approximate surface area is 158 Å². The molecular formula is C18H16BrN5O2. The number of aromatic nitrogens is 3. The predicted molar refractivity (Wildman–Crippen MR) is 100 cm³/mol. The van der Waals surface area contributed by atoms with E-state index in [4.69, 9.17) is 0 Å². The summed E-state index contributed by atoms with van der Waals surface area (Å²) < 4.78 is 2.63. The molecule has 1 amide bonds. The maximum Gasteiger partial charge on any atom is 0.407 e. The van der Waals surface area contributed by atoms with Crippen molar-refractivity contribution in [1.29, 1.82) is 0 Å². The smallest absolute Gasteiger partial charge is 0.407 e. The highest BCUT2D eigenvalue weighted by atomic mass is 79.9. The lowest BCUT2D eigenvalue weighted by Crippen LogP contribution is -2.48. The highest BCUT2D eigenvalue weighted by Gasteiger charge is 2.45. The van der Waals surface area contributed by atoms with E-state index in [1.165, 1.54) is 0 Å². The van der Waals surface area contributed by atoms with Crippen molar-refractivity contribution >= 4 is 33.4 Å². The van der Waals surface area contributed by atoms with Gasteiger partial charge in [-0.15, -0.1) is 0 Å². The molecule has 0 radical (unpaired) electrons. The Morgan fingerprint density at radius 2 is 1.92 bits per heavy atom. The Hall–Kier alpha value is -2.61. The Morgan fingerprint density at radius 3 is 2.62 bits per heavy atom. The molecule has 3 aromatic rings. The fraction of sp³-hybridized carbons (Fsp3) is 0.278. The van der Waals surface area contributed by atoms with Crippen LogP contribution >= 0.6 is 15.9 Å². The van der Waals surface area contributed by atoms with Crippen molar-refractivity contribution in [2.24, 2.45) is 0 Å². The summed E-state index contributed by atoms with van der Waals surface area (Å²) in [5, 5.41) is 13.5. The first-order valence-electron chi connectivity index (χ1n) is 8.45. The molecule has 2 bridgehead atoms. The van der Waals surface area contributed by atoms with Crippen molar-refractivity contribution in [3.8, 4) is 11.1 Å². The van der Waals surface area contributed by atoms with Crippen LogP contribution in [0.4, 0.5) is 10.5 Å². The van der Waals surface area contributed by atoms with Gasteiger partial charge in [-0.25, -0.2) is 14.3 Å². The maximum absolute atomic E-state index is 11.2. The largest absolute Gasteiger partial charge is 0.465 e. The molecule has 0 saturated carbocycles. The van der Waals surface area contributed by atoms with Crippen LogP contribution in [-0.2, 0) is 0 Å². The second kappa shape index (κ2) is 5.70. The van der Waals surface area contributed by atoms with Crippen LogP contribution in [0.3, 0.4) is 0 Å². The first kappa shape index (κ1) is 15.6. The summed E-state index contributed by atoms with van der Waals surface area (Å²) in [7, 11) is 0. The second-order valence-corrected chi connectivity index (χ2v) is 7.64. The quantitative estimate of drug-likeness (QED) is 0.698. The van der Waals surface area contributed by atoms with Gasteiger partial charge in [0.25, 0.3) is 0 Å². The van der Waals surface area contributed by atoms with Crippen molar-refractivity contribution in [3.05, 3.63) is 47.3 Å². The minimum atomic E-state index is -0.805. The van der Waals surface area contributed by atoms with Gasteiger partial charge in [-0.3, -0.25) is 0 Å². The number of halogens is 1. The molecule has 0 aliphatic carbocycles. The number of hydrogen-bond acceptors (Lipinski definition) is 4. The van der Waals surface area contributed by atoms with E-state index in [9.17, 15) is 9.90 Å². The molecule has 0 spiro atoms. The summed E-state index contributed by atoms with van der Waals surface area (Å²) in [6.45, 7) is 1.36. The highest BCUT2D eigenvalue weighted by molar-refractivity contribution is 9.10. The SMILES string of the molecule is O=C(O)N1CC2CC1CN2c1ccc(-c2cnc3c(Br)cnn3c2)cc1. The molecule has 4 heterocycles. The lowest BCUT2D eigenvalue weighted by atomic mass is 10.1. The van der Waals surface area contributed by atoms with Crippen LogP contribution in [0.15, 0.2) is 47.3 Å². The van der Waals surface area contributed by atoms with Crippen molar-refractivity contribution < 1.29 is 9.90 Å². The van der Waals surface area contributed by atoms with E-state index in [2.05, 4.69) is 55.2 Å². The number of nitrogens with zero attached hydrogens (tertiary/aromatic N) is 5. The maximum atomic E-state index is 11.2. The summed E-state index contributed by atoms with van der Waals surface area (Å²) in [6.07, 6.45) is 5.66. The molecule has 2 fully saturated rings. The Morgan fingerprint density at radius 1 is 1.12 bits per heavy atom. The summed E-state index contributed by atoms with van der Waals surface area (Å²) in [5.74, 6) is 0. The zero-order valence-corrected chi connectivity index (χ0v) is 15.4. The van der Waals surface area contributed by atoms with Gasteiger partial charge in [0, 0.05) is 42.8 Å². The minimum Gasteiger partial charge on any atom is -0.465 e. The molecular weight excluding hydrogens is 398 g/mol. The van der Waals surface area contributed by atoms with Gasteiger partial charge >= 0.3 is 6.09 Å². The number of carboxylic acid groups (broad SMARTS) is 1. The molecule has 2 aromatic heterocycles. The fourth-order valence-electron chi connectivity index (χ4n) is 4.06. The minimum absolute atomic E-state index is 0.113. The summed E-state index contributed by atoms with van der Waals surface area (Å²) in [6, 6.07) is 8.76. The van der Waals surface area contributed by atoms with Crippen LogP contribution in [0.2, 0.25) is 0 Å². The van der Waals surface area contributed by atoms with Crippen LogP contribution in [-0.4, -0.2) is 55.9 Å². The second-order valence-electron chi connectivity index (χ2n) is 6.78. The summed E-state index contributed by atoms with van der Waals surface area (Å²) >= 11 is 3.43. The van der Waals surface area contributed by atoms with E-state index in [0.717, 1.165) is 39.9 Å². The normalized spacial score (nSPS) is 21.7.